The largest absolute Gasteiger partial charge is 0.329 e. The molecule has 110 valence electrons. The minimum Gasteiger partial charge on any atom is -0.329 e. The Morgan fingerprint density at radius 1 is 1.10 bits per heavy atom. The zero-order valence-electron chi connectivity index (χ0n) is 12.1. The van der Waals surface area contributed by atoms with Crippen molar-refractivity contribution in [1.29, 1.82) is 0 Å². The highest BCUT2D eigenvalue weighted by atomic mass is 79.9. The molecular weight excluding hydrogens is 324 g/mol. The summed E-state index contributed by atoms with van der Waals surface area (Å²) < 4.78 is 1.12. The smallest absolute Gasteiger partial charge is 0.0470 e. The number of nitrogens with zero attached hydrogens (tertiary/aromatic N) is 1. The van der Waals surface area contributed by atoms with Gasteiger partial charge in [-0.15, -0.1) is 0 Å². The Morgan fingerprint density at radius 3 is 2.48 bits per heavy atom. The van der Waals surface area contributed by atoms with Gasteiger partial charge in [0.15, 0.2) is 0 Å². The number of hydrogen-bond acceptors (Lipinski definition) is 2. The molecule has 2 unspecified atom stereocenters. The summed E-state index contributed by atoms with van der Waals surface area (Å²) in [5.41, 5.74) is 8.82. The molecule has 2 aromatic carbocycles. The van der Waals surface area contributed by atoms with Gasteiger partial charge in [-0.05, 0) is 42.1 Å². The second-order valence-electron chi connectivity index (χ2n) is 5.69. The zero-order chi connectivity index (χ0) is 14.7. The van der Waals surface area contributed by atoms with E-state index in [1.807, 2.05) is 0 Å². The van der Waals surface area contributed by atoms with Crippen molar-refractivity contribution in [3.05, 3.63) is 70.2 Å². The molecule has 1 heterocycles. The molecule has 0 saturated carbocycles. The van der Waals surface area contributed by atoms with E-state index in [1.165, 1.54) is 17.5 Å². The van der Waals surface area contributed by atoms with Crippen molar-refractivity contribution in [2.75, 3.05) is 19.6 Å². The fourth-order valence-corrected chi connectivity index (χ4v) is 3.51. The fourth-order valence-electron chi connectivity index (χ4n) is 3.25. The van der Waals surface area contributed by atoms with E-state index in [9.17, 15) is 0 Å². The molecule has 1 saturated heterocycles. The lowest BCUT2D eigenvalue weighted by Crippen LogP contribution is -2.31. The van der Waals surface area contributed by atoms with Crippen molar-refractivity contribution in [2.45, 2.75) is 18.4 Å². The van der Waals surface area contributed by atoms with Gasteiger partial charge in [-0.25, -0.2) is 0 Å². The van der Waals surface area contributed by atoms with Gasteiger partial charge in [0, 0.05) is 23.6 Å². The van der Waals surface area contributed by atoms with Crippen molar-refractivity contribution in [3.8, 4) is 0 Å². The summed E-state index contributed by atoms with van der Waals surface area (Å²) in [6.07, 6.45) is 1.22. The van der Waals surface area contributed by atoms with Gasteiger partial charge >= 0.3 is 0 Å². The maximum Gasteiger partial charge on any atom is 0.0470 e. The molecule has 2 atom stereocenters. The summed E-state index contributed by atoms with van der Waals surface area (Å²) in [6.45, 7) is 2.89. The molecule has 3 rings (SSSR count). The number of rotatable bonds is 4. The second-order valence-corrected chi connectivity index (χ2v) is 6.61. The topological polar surface area (TPSA) is 29.3 Å². The molecule has 0 amide bonds. The van der Waals surface area contributed by atoms with E-state index in [1.54, 1.807) is 0 Å². The van der Waals surface area contributed by atoms with Crippen molar-refractivity contribution >= 4 is 15.9 Å². The Morgan fingerprint density at radius 2 is 1.81 bits per heavy atom. The number of nitrogens with two attached hydrogens (primary N) is 1. The standard InChI is InChI=1S/C18H21BrN2/c19-17-8-6-15(7-9-17)18(12-20)21-11-10-16(13-21)14-4-2-1-3-5-14/h1-9,16,18H,10-13,20H2. The van der Waals surface area contributed by atoms with Crippen LogP contribution in [0.15, 0.2) is 59.1 Å². The van der Waals surface area contributed by atoms with Crippen molar-refractivity contribution in [2.24, 2.45) is 5.73 Å². The Labute approximate surface area is 135 Å². The lowest BCUT2D eigenvalue weighted by Gasteiger charge is -2.27. The molecule has 0 aromatic heterocycles. The zero-order valence-corrected chi connectivity index (χ0v) is 13.7. The highest BCUT2D eigenvalue weighted by molar-refractivity contribution is 9.10. The molecular formula is C18H21BrN2. The van der Waals surface area contributed by atoms with Crippen LogP contribution in [0.2, 0.25) is 0 Å². The van der Waals surface area contributed by atoms with Crippen LogP contribution in [0.25, 0.3) is 0 Å². The number of halogens is 1. The van der Waals surface area contributed by atoms with Gasteiger partial charge in [-0.1, -0.05) is 58.4 Å². The average molecular weight is 345 g/mol. The summed E-state index contributed by atoms with van der Waals surface area (Å²) in [7, 11) is 0. The van der Waals surface area contributed by atoms with E-state index in [2.05, 4.69) is 75.4 Å². The first-order chi connectivity index (χ1) is 10.3. The molecule has 0 bridgehead atoms. The van der Waals surface area contributed by atoms with Crippen LogP contribution in [0.3, 0.4) is 0 Å². The number of likely N-dealkylation sites (tertiary alicyclic amines) is 1. The summed E-state index contributed by atoms with van der Waals surface area (Å²) in [6, 6.07) is 19.7. The Bertz CT molecular complexity index is 568. The monoisotopic (exact) mass is 344 g/mol. The van der Waals surface area contributed by atoms with Gasteiger partial charge in [0.2, 0.25) is 0 Å². The third-order valence-electron chi connectivity index (χ3n) is 4.41. The molecule has 0 radical (unpaired) electrons. The fraction of sp³-hybridized carbons (Fsp3) is 0.333. The van der Waals surface area contributed by atoms with E-state index in [0.717, 1.165) is 17.6 Å². The van der Waals surface area contributed by atoms with Gasteiger partial charge in [0.1, 0.15) is 0 Å². The van der Waals surface area contributed by atoms with Crippen LogP contribution in [0.1, 0.15) is 29.5 Å². The summed E-state index contributed by atoms with van der Waals surface area (Å²) >= 11 is 3.50. The SMILES string of the molecule is NCC(c1ccc(Br)cc1)N1CCC(c2ccccc2)C1. The highest BCUT2D eigenvalue weighted by Gasteiger charge is 2.29. The summed E-state index contributed by atoms with van der Waals surface area (Å²) in [5, 5.41) is 0. The number of benzene rings is 2. The molecule has 0 spiro atoms. The maximum absolute atomic E-state index is 6.05. The van der Waals surface area contributed by atoms with Gasteiger partial charge in [0.05, 0.1) is 0 Å². The van der Waals surface area contributed by atoms with Crippen LogP contribution in [0.5, 0.6) is 0 Å². The molecule has 1 aliphatic rings. The predicted molar refractivity (Wildman–Crippen MR) is 91.3 cm³/mol. The van der Waals surface area contributed by atoms with E-state index < -0.39 is 0 Å². The molecule has 1 aliphatic heterocycles. The summed E-state index contributed by atoms with van der Waals surface area (Å²) in [4.78, 5) is 2.53. The molecule has 3 heteroatoms. The normalized spacial score (nSPS) is 20.6. The predicted octanol–water partition coefficient (Wildman–Crippen LogP) is 3.94. The molecule has 2 nitrogen and oxygen atoms in total. The van der Waals surface area contributed by atoms with Gasteiger partial charge < -0.3 is 5.73 Å². The highest BCUT2D eigenvalue weighted by Crippen LogP contribution is 2.32. The van der Waals surface area contributed by atoms with Crippen LogP contribution >= 0.6 is 15.9 Å². The first-order valence-electron chi connectivity index (χ1n) is 7.52. The Kier molecular flexibility index (Phi) is 4.73. The second kappa shape index (κ2) is 6.73. The third-order valence-corrected chi connectivity index (χ3v) is 4.94. The van der Waals surface area contributed by atoms with Gasteiger partial charge in [-0.2, -0.15) is 0 Å². The number of hydrogen-bond donors (Lipinski definition) is 1. The van der Waals surface area contributed by atoms with Crippen LogP contribution in [-0.2, 0) is 0 Å². The quantitative estimate of drug-likeness (QED) is 0.910. The van der Waals surface area contributed by atoms with Crippen molar-refractivity contribution in [3.63, 3.8) is 0 Å². The third kappa shape index (κ3) is 3.37. The maximum atomic E-state index is 6.05. The average Bonchev–Trinajstić information content (AvgIpc) is 3.00. The first-order valence-corrected chi connectivity index (χ1v) is 8.32. The Hall–Kier alpha value is -1.16. The molecule has 2 aromatic rings. The summed E-state index contributed by atoms with van der Waals surface area (Å²) in [5.74, 6) is 0.635. The Balaban J connectivity index is 1.73. The van der Waals surface area contributed by atoms with Crippen LogP contribution < -0.4 is 5.73 Å². The minimum absolute atomic E-state index is 0.326. The van der Waals surface area contributed by atoms with Crippen LogP contribution in [0, 0.1) is 0 Å². The first kappa shape index (κ1) is 14.8. The van der Waals surface area contributed by atoms with Crippen LogP contribution in [-0.4, -0.2) is 24.5 Å². The van der Waals surface area contributed by atoms with Gasteiger partial charge in [0.25, 0.3) is 0 Å². The van der Waals surface area contributed by atoms with E-state index >= 15 is 0 Å². The lowest BCUT2D eigenvalue weighted by atomic mass is 9.98. The molecule has 1 fully saturated rings. The van der Waals surface area contributed by atoms with Crippen molar-refractivity contribution < 1.29 is 0 Å². The van der Waals surface area contributed by atoms with Gasteiger partial charge in [-0.3, -0.25) is 4.90 Å². The van der Waals surface area contributed by atoms with Crippen molar-refractivity contribution in [1.82, 2.24) is 4.90 Å². The molecule has 21 heavy (non-hydrogen) atoms. The van der Waals surface area contributed by atoms with E-state index in [-0.39, 0.29) is 0 Å². The molecule has 0 aliphatic carbocycles. The minimum atomic E-state index is 0.326. The molecule has 2 N–H and O–H groups in total. The lowest BCUT2D eigenvalue weighted by molar-refractivity contribution is 0.248. The van der Waals surface area contributed by atoms with E-state index in [4.69, 9.17) is 5.73 Å². The van der Waals surface area contributed by atoms with E-state index in [0.29, 0.717) is 18.5 Å². The van der Waals surface area contributed by atoms with Crippen LogP contribution in [0.4, 0.5) is 0 Å².